The molecule has 0 heterocycles. The first-order valence-electron chi connectivity index (χ1n) is 6.06. The standard InChI is InChI=1S/C15H16O4P/c1-17-20(16,18-2)12-13-8-6-7-11-15(13)19-14-9-4-3-5-10-14/h3-12H,1-2H3. The summed E-state index contributed by atoms with van der Waals surface area (Å²) in [5.74, 6) is 1.30. The highest BCUT2D eigenvalue weighted by Gasteiger charge is 2.24. The molecule has 1 radical (unpaired) electrons. The average Bonchev–Trinajstić information content (AvgIpc) is 2.50. The molecule has 0 bridgehead atoms. The second kappa shape index (κ2) is 6.71. The molecule has 20 heavy (non-hydrogen) atoms. The monoisotopic (exact) mass is 291 g/mol. The molecule has 0 aromatic heterocycles. The first-order valence-corrected chi connectivity index (χ1v) is 7.67. The van der Waals surface area contributed by atoms with E-state index in [2.05, 4.69) is 0 Å². The van der Waals surface area contributed by atoms with Crippen LogP contribution in [0.5, 0.6) is 11.5 Å². The highest BCUT2D eigenvalue weighted by molar-refractivity contribution is 7.56. The highest BCUT2D eigenvalue weighted by atomic mass is 31.2. The van der Waals surface area contributed by atoms with Crippen LogP contribution >= 0.6 is 7.60 Å². The van der Waals surface area contributed by atoms with Crippen molar-refractivity contribution in [3.8, 4) is 11.5 Å². The van der Waals surface area contributed by atoms with Crippen molar-refractivity contribution in [1.29, 1.82) is 0 Å². The molecular weight excluding hydrogens is 275 g/mol. The Morgan fingerprint density at radius 3 is 2.15 bits per heavy atom. The average molecular weight is 291 g/mol. The van der Waals surface area contributed by atoms with Crippen LogP contribution in [0.15, 0.2) is 54.6 Å². The third-order valence-electron chi connectivity index (χ3n) is 2.70. The molecule has 0 spiro atoms. The lowest BCUT2D eigenvalue weighted by Crippen LogP contribution is -1.94. The summed E-state index contributed by atoms with van der Waals surface area (Å²) in [6.07, 6.45) is 1.45. The molecule has 0 saturated heterocycles. The second-order valence-corrected chi connectivity index (χ2v) is 6.06. The predicted molar refractivity (Wildman–Crippen MR) is 78.0 cm³/mol. The smallest absolute Gasteiger partial charge is 0.338 e. The number of hydrogen-bond acceptors (Lipinski definition) is 4. The van der Waals surface area contributed by atoms with Crippen LogP contribution in [0.25, 0.3) is 0 Å². The zero-order chi connectivity index (χ0) is 14.4. The molecule has 0 fully saturated rings. The summed E-state index contributed by atoms with van der Waals surface area (Å²) >= 11 is 0. The highest BCUT2D eigenvalue weighted by Crippen LogP contribution is 2.53. The second-order valence-electron chi connectivity index (χ2n) is 3.99. The van der Waals surface area contributed by atoms with Crippen molar-refractivity contribution in [3.05, 3.63) is 66.3 Å². The summed E-state index contributed by atoms with van der Waals surface area (Å²) in [7, 11) is -0.542. The van der Waals surface area contributed by atoms with Crippen molar-refractivity contribution in [2.45, 2.75) is 0 Å². The van der Waals surface area contributed by atoms with Gasteiger partial charge in [0.15, 0.2) is 0 Å². The van der Waals surface area contributed by atoms with Crippen LogP contribution in [0.2, 0.25) is 0 Å². The lowest BCUT2D eigenvalue weighted by atomic mass is 10.2. The van der Waals surface area contributed by atoms with Gasteiger partial charge in [-0.3, -0.25) is 4.57 Å². The lowest BCUT2D eigenvalue weighted by Gasteiger charge is -2.15. The van der Waals surface area contributed by atoms with Gasteiger partial charge in [0.25, 0.3) is 0 Å². The summed E-state index contributed by atoms with van der Waals surface area (Å²) in [5, 5.41) is 0. The number of rotatable bonds is 6. The van der Waals surface area contributed by atoms with Gasteiger partial charge in [-0.05, 0) is 18.2 Å². The van der Waals surface area contributed by atoms with Gasteiger partial charge in [-0.2, -0.15) is 0 Å². The molecule has 0 aliphatic rings. The number of benzene rings is 2. The minimum Gasteiger partial charge on any atom is -0.457 e. The van der Waals surface area contributed by atoms with Crippen LogP contribution < -0.4 is 4.74 Å². The molecule has 2 rings (SSSR count). The Morgan fingerprint density at radius 2 is 1.50 bits per heavy atom. The van der Waals surface area contributed by atoms with Gasteiger partial charge in [0.1, 0.15) is 17.7 Å². The molecule has 0 unspecified atom stereocenters. The molecule has 0 aliphatic carbocycles. The van der Waals surface area contributed by atoms with Crippen LogP contribution in [-0.4, -0.2) is 14.2 Å². The van der Waals surface area contributed by atoms with E-state index in [0.717, 1.165) is 0 Å². The van der Waals surface area contributed by atoms with Crippen LogP contribution in [0.3, 0.4) is 0 Å². The van der Waals surface area contributed by atoms with Gasteiger partial charge in [0.05, 0.1) is 0 Å². The van der Waals surface area contributed by atoms with Crippen LogP contribution in [-0.2, 0) is 13.6 Å². The molecule has 105 valence electrons. The predicted octanol–water partition coefficient (Wildman–Crippen LogP) is 4.47. The molecule has 0 saturated carbocycles. The fraction of sp³-hybridized carbons (Fsp3) is 0.133. The molecule has 4 nitrogen and oxygen atoms in total. The van der Waals surface area contributed by atoms with E-state index < -0.39 is 7.60 Å². The van der Waals surface area contributed by atoms with Crippen molar-refractivity contribution in [3.63, 3.8) is 0 Å². The summed E-state index contributed by atoms with van der Waals surface area (Å²) in [5.41, 5.74) is 0.656. The van der Waals surface area contributed by atoms with E-state index >= 15 is 0 Å². The van der Waals surface area contributed by atoms with Crippen LogP contribution in [0.1, 0.15) is 5.56 Å². The van der Waals surface area contributed by atoms with Crippen LogP contribution in [0, 0.1) is 6.16 Å². The zero-order valence-corrected chi connectivity index (χ0v) is 12.2. The molecule has 2 aromatic rings. The lowest BCUT2D eigenvalue weighted by molar-refractivity contribution is 0.283. The van der Waals surface area contributed by atoms with Gasteiger partial charge >= 0.3 is 7.60 Å². The summed E-state index contributed by atoms with van der Waals surface area (Å²) < 4.78 is 27.8. The summed E-state index contributed by atoms with van der Waals surface area (Å²) in [6.45, 7) is 0. The molecule has 5 heteroatoms. The van der Waals surface area contributed by atoms with Crippen molar-refractivity contribution >= 4 is 7.60 Å². The van der Waals surface area contributed by atoms with Gasteiger partial charge in [0.2, 0.25) is 0 Å². The first-order chi connectivity index (χ1) is 9.67. The molecular formula is C15H16O4P. The van der Waals surface area contributed by atoms with Gasteiger partial charge in [0, 0.05) is 19.8 Å². The summed E-state index contributed by atoms with van der Waals surface area (Å²) in [6, 6.07) is 16.7. The molecule has 0 atom stereocenters. The topological polar surface area (TPSA) is 44.8 Å². The number of ether oxygens (including phenoxy) is 1. The first kappa shape index (κ1) is 14.8. The largest absolute Gasteiger partial charge is 0.457 e. The Balaban J connectivity index is 2.25. The van der Waals surface area contributed by atoms with E-state index in [9.17, 15) is 4.57 Å². The molecule has 0 N–H and O–H groups in total. The Labute approximate surface area is 118 Å². The Kier molecular flexibility index (Phi) is 4.96. The minimum absolute atomic E-state index is 0.591. The van der Waals surface area contributed by atoms with Gasteiger partial charge < -0.3 is 13.8 Å². The maximum Gasteiger partial charge on any atom is 0.338 e. The summed E-state index contributed by atoms with van der Waals surface area (Å²) in [4.78, 5) is 0. The van der Waals surface area contributed by atoms with Gasteiger partial charge in [-0.15, -0.1) is 0 Å². The normalized spacial score (nSPS) is 11.3. The van der Waals surface area contributed by atoms with E-state index in [1.807, 2.05) is 42.5 Å². The minimum atomic E-state index is -3.24. The third kappa shape index (κ3) is 3.70. The van der Waals surface area contributed by atoms with E-state index in [1.165, 1.54) is 20.4 Å². The molecule has 2 aromatic carbocycles. The van der Waals surface area contributed by atoms with E-state index in [-0.39, 0.29) is 0 Å². The third-order valence-corrected chi connectivity index (χ3v) is 4.31. The van der Waals surface area contributed by atoms with Gasteiger partial charge in [-0.1, -0.05) is 36.4 Å². The fourth-order valence-electron chi connectivity index (χ4n) is 1.65. The molecule has 0 aliphatic heterocycles. The SMILES string of the molecule is COP(=O)([CH]c1ccccc1Oc1ccccc1)OC. The fourth-order valence-corrected chi connectivity index (χ4v) is 2.56. The Bertz CT molecular complexity index is 590. The van der Waals surface area contributed by atoms with Crippen molar-refractivity contribution in [1.82, 2.24) is 0 Å². The van der Waals surface area contributed by atoms with Crippen molar-refractivity contribution < 1.29 is 18.3 Å². The van der Waals surface area contributed by atoms with Crippen molar-refractivity contribution in [2.75, 3.05) is 14.2 Å². The van der Waals surface area contributed by atoms with Crippen molar-refractivity contribution in [2.24, 2.45) is 0 Å². The van der Waals surface area contributed by atoms with Crippen LogP contribution in [0.4, 0.5) is 0 Å². The molecule has 0 amide bonds. The van der Waals surface area contributed by atoms with E-state index in [1.54, 1.807) is 12.1 Å². The number of para-hydroxylation sites is 2. The maximum atomic E-state index is 12.2. The van der Waals surface area contributed by atoms with Gasteiger partial charge in [-0.25, -0.2) is 0 Å². The zero-order valence-electron chi connectivity index (χ0n) is 11.4. The maximum absolute atomic E-state index is 12.2. The Morgan fingerprint density at radius 1 is 0.900 bits per heavy atom. The Hall–Kier alpha value is -1.61. The quantitative estimate of drug-likeness (QED) is 0.736. The van der Waals surface area contributed by atoms with E-state index in [4.69, 9.17) is 13.8 Å². The number of hydrogen-bond donors (Lipinski definition) is 0. The van der Waals surface area contributed by atoms with E-state index in [0.29, 0.717) is 17.1 Å².